The predicted molar refractivity (Wildman–Crippen MR) is 148 cm³/mol. The Bertz CT molecular complexity index is 1450. The van der Waals surface area contributed by atoms with E-state index in [-0.39, 0.29) is 0 Å². The number of aromatic nitrogens is 2. The Morgan fingerprint density at radius 3 is 2.64 bits per heavy atom. The van der Waals surface area contributed by atoms with Crippen molar-refractivity contribution in [1.29, 1.82) is 0 Å². The molecule has 0 unspecified atom stereocenters. The van der Waals surface area contributed by atoms with Crippen molar-refractivity contribution in [2.24, 2.45) is 5.73 Å². The van der Waals surface area contributed by atoms with Gasteiger partial charge in [-0.1, -0.05) is 48.0 Å². The van der Waals surface area contributed by atoms with Crippen molar-refractivity contribution in [3.05, 3.63) is 83.5 Å². The van der Waals surface area contributed by atoms with Gasteiger partial charge in [-0.25, -0.2) is 9.97 Å². The number of halogens is 1. The quantitative estimate of drug-likeness (QED) is 0.366. The maximum atomic E-state index is 11.1. The molecule has 2 heterocycles. The van der Waals surface area contributed by atoms with Gasteiger partial charge in [0.15, 0.2) is 0 Å². The zero-order valence-electron chi connectivity index (χ0n) is 20.0. The summed E-state index contributed by atoms with van der Waals surface area (Å²) >= 11 is 6.66. The molecule has 4 aromatic rings. The first kappa shape index (κ1) is 23.8. The minimum absolute atomic E-state index is 0.481. The van der Waals surface area contributed by atoms with Crippen LogP contribution in [0.2, 0.25) is 5.02 Å². The molecular formula is C28H27ClN6O. The summed E-state index contributed by atoms with van der Waals surface area (Å²) < 4.78 is 0. The number of hydrogen-bond acceptors (Lipinski definition) is 6. The number of carbonyl (C=O) groups is 1. The van der Waals surface area contributed by atoms with E-state index in [9.17, 15) is 4.79 Å². The predicted octanol–water partition coefficient (Wildman–Crippen LogP) is 4.94. The molecule has 5 rings (SSSR count). The normalized spacial score (nSPS) is 14.4. The van der Waals surface area contributed by atoms with Crippen LogP contribution in [0.5, 0.6) is 0 Å². The van der Waals surface area contributed by atoms with Gasteiger partial charge in [0.1, 0.15) is 0 Å². The Hall–Kier alpha value is -3.94. The second-order valence-electron chi connectivity index (χ2n) is 8.88. The van der Waals surface area contributed by atoms with Gasteiger partial charge < -0.3 is 20.9 Å². The first-order valence-electron chi connectivity index (χ1n) is 11.8. The molecule has 1 amide bonds. The van der Waals surface area contributed by atoms with E-state index in [4.69, 9.17) is 22.3 Å². The molecule has 7 nitrogen and oxygen atoms in total. The molecular weight excluding hydrogens is 472 g/mol. The summed E-state index contributed by atoms with van der Waals surface area (Å²) in [5.74, 6) is 0.00818. The van der Waals surface area contributed by atoms with E-state index >= 15 is 0 Å². The lowest BCUT2D eigenvalue weighted by atomic mass is 10.0. The molecule has 1 aliphatic rings. The molecule has 182 valence electrons. The number of para-hydroxylation sites is 1. The SMILES string of the molecule is CN1CCN(c2ccc(Nc3ncc4cccc(-c5cccc(C=CC(N)=O)c5)c4n3)cc2Cl)CC1. The van der Waals surface area contributed by atoms with Crippen LogP contribution in [-0.4, -0.2) is 54.0 Å². The molecule has 0 spiro atoms. The minimum atomic E-state index is -0.481. The summed E-state index contributed by atoms with van der Waals surface area (Å²) in [6.07, 6.45) is 4.87. The molecule has 1 aromatic heterocycles. The highest BCUT2D eigenvalue weighted by Gasteiger charge is 2.17. The number of fused-ring (bicyclic) bond motifs is 1. The van der Waals surface area contributed by atoms with Crippen LogP contribution in [0.3, 0.4) is 0 Å². The van der Waals surface area contributed by atoms with Crippen molar-refractivity contribution in [2.75, 3.05) is 43.4 Å². The van der Waals surface area contributed by atoms with E-state index in [0.717, 1.165) is 65.1 Å². The Kier molecular flexibility index (Phi) is 6.84. The van der Waals surface area contributed by atoms with Crippen LogP contribution in [0.1, 0.15) is 5.56 Å². The third-order valence-electron chi connectivity index (χ3n) is 6.30. The Morgan fingerprint density at radius 2 is 1.86 bits per heavy atom. The van der Waals surface area contributed by atoms with E-state index in [0.29, 0.717) is 11.0 Å². The maximum Gasteiger partial charge on any atom is 0.241 e. The van der Waals surface area contributed by atoms with Crippen LogP contribution < -0.4 is 16.0 Å². The third-order valence-corrected chi connectivity index (χ3v) is 6.60. The molecule has 1 aliphatic heterocycles. The number of anilines is 3. The van der Waals surface area contributed by atoms with Gasteiger partial charge in [-0.15, -0.1) is 0 Å². The van der Waals surface area contributed by atoms with Gasteiger partial charge in [-0.05, 0) is 48.5 Å². The number of nitrogens with zero attached hydrogens (tertiary/aromatic N) is 4. The van der Waals surface area contributed by atoms with Gasteiger partial charge in [0.2, 0.25) is 11.9 Å². The Morgan fingerprint density at radius 1 is 1.06 bits per heavy atom. The molecule has 0 atom stereocenters. The number of benzene rings is 3. The van der Waals surface area contributed by atoms with E-state index in [1.54, 1.807) is 6.08 Å². The van der Waals surface area contributed by atoms with Crippen LogP contribution in [0.15, 0.2) is 72.9 Å². The number of likely N-dealkylation sites (N-methyl/N-ethyl adjacent to an activating group) is 1. The van der Waals surface area contributed by atoms with Gasteiger partial charge >= 0.3 is 0 Å². The van der Waals surface area contributed by atoms with Crippen LogP contribution in [0.25, 0.3) is 28.1 Å². The number of hydrogen-bond donors (Lipinski definition) is 2. The number of nitrogens with one attached hydrogen (secondary N) is 1. The zero-order chi connectivity index (χ0) is 25.1. The van der Waals surface area contributed by atoms with Gasteiger partial charge in [0, 0.05) is 55.1 Å². The molecule has 0 radical (unpaired) electrons. The summed E-state index contributed by atoms with van der Waals surface area (Å²) in [4.78, 5) is 25.1. The number of piperazine rings is 1. The summed E-state index contributed by atoms with van der Waals surface area (Å²) in [5, 5.41) is 4.93. The largest absolute Gasteiger partial charge is 0.368 e. The van der Waals surface area contributed by atoms with Crippen molar-refractivity contribution in [1.82, 2.24) is 14.9 Å². The molecule has 1 saturated heterocycles. The first-order chi connectivity index (χ1) is 17.5. The van der Waals surface area contributed by atoms with Crippen molar-refractivity contribution >= 4 is 51.8 Å². The number of rotatable bonds is 6. The van der Waals surface area contributed by atoms with Gasteiger partial charge in [-0.2, -0.15) is 0 Å². The molecule has 0 aliphatic carbocycles. The maximum absolute atomic E-state index is 11.1. The van der Waals surface area contributed by atoms with Crippen LogP contribution in [-0.2, 0) is 4.79 Å². The molecule has 3 aromatic carbocycles. The lowest BCUT2D eigenvalue weighted by molar-refractivity contribution is -0.113. The summed E-state index contributed by atoms with van der Waals surface area (Å²) in [6, 6.07) is 19.9. The zero-order valence-corrected chi connectivity index (χ0v) is 20.7. The fourth-order valence-electron chi connectivity index (χ4n) is 4.35. The first-order valence-corrected chi connectivity index (χ1v) is 12.2. The molecule has 1 fully saturated rings. The van der Waals surface area contributed by atoms with Crippen LogP contribution in [0.4, 0.5) is 17.3 Å². The van der Waals surface area contributed by atoms with E-state index in [1.807, 2.05) is 66.9 Å². The fraction of sp³-hybridized carbons (Fsp3) is 0.179. The second kappa shape index (κ2) is 10.4. The lowest BCUT2D eigenvalue weighted by Gasteiger charge is -2.34. The van der Waals surface area contributed by atoms with Gasteiger partial charge in [0.05, 0.1) is 16.2 Å². The topological polar surface area (TPSA) is 87.4 Å². The monoisotopic (exact) mass is 498 g/mol. The van der Waals surface area contributed by atoms with Crippen LogP contribution >= 0.6 is 11.6 Å². The highest BCUT2D eigenvalue weighted by atomic mass is 35.5. The lowest BCUT2D eigenvalue weighted by Crippen LogP contribution is -2.44. The van der Waals surface area contributed by atoms with E-state index in [1.165, 1.54) is 6.08 Å². The summed E-state index contributed by atoms with van der Waals surface area (Å²) in [5.41, 5.74) is 10.8. The highest BCUT2D eigenvalue weighted by Crippen LogP contribution is 2.32. The average molecular weight is 499 g/mol. The number of amides is 1. The number of carbonyl (C=O) groups excluding carboxylic acids is 1. The number of primary amides is 1. The van der Waals surface area contributed by atoms with Crippen molar-refractivity contribution < 1.29 is 4.79 Å². The number of nitrogens with two attached hydrogens (primary N) is 1. The van der Waals surface area contributed by atoms with Crippen LogP contribution in [0, 0.1) is 0 Å². The molecule has 0 saturated carbocycles. The van der Waals surface area contributed by atoms with E-state index < -0.39 is 5.91 Å². The Labute approximate surface area is 215 Å². The highest BCUT2D eigenvalue weighted by molar-refractivity contribution is 6.33. The minimum Gasteiger partial charge on any atom is -0.368 e. The van der Waals surface area contributed by atoms with Crippen molar-refractivity contribution in [3.63, 3.8) is 0 Å². The summed E-state index contributed by atoms with van der Waals surface area (Å²) in [7, 11) is 2.14. The average Bonchev–Trinajstić information content (AvgIpc) is 2.88. The van der Waals surface area contributed by atoms with Gasteiger partial charge in [0.25, 0.3) is 0 Å². The third kappa shape index (κ3) is 5.32. The molecule has 8 heteroatoms. The fourth-order valence-corrected chi connectivity index (χ4v) is 4.65. The molecule has 0 bridgehead atoms. The van der Waals surface area contributed by atoms with Crippen molar-refractivity contribution in [3.8, 4) is 11.1 Å². The Balaban J connectivity index is 1.42. The van der Waals surface area contributed by atoms with Crippen molar-refractivity contribution in [2.45, 2.75) is 0 Å². The van der Waals surface area contributed by atoms with E-state index in [2.05, 4.69) is 27.1 Å². The molecule has 3 N–H and O–H groups in total. The summed E-state index contributed by atoms with van der Waals surface area (Å²) in [6.45, 7) is 3.96. The second-order valence-corrected chi connectivity index (χ2v) is 9.29. The molecule has 36 heavy (non-hydrogen) atoms. The standard InChI is InChI=1S/C28H27ClN6O/c1-34-12-14-35(15-13-34)25-10-9-22(17-24(25)29)32-28-31-18-21-6-3-7-23(27(21)33-28)20-5-2-4-19(16-20)8-11-26(30)36/h2-11,16-18H,12-15H2,1H3,(H2,30,36)(H,31,32,33). The van der Waals surface area contributed by atoms with Gasteiger partial charge in [-0.3, -0.25) is 4.79 Å². The smallest absolute Gasteiger partial charge is 0.241 e.